The number of sulfonamides is 1. The zero-order valence-corrected chi connectivity index (χ0v) is 24.0. The van der Waals surface area contributed by atoms with Crippen LogP contribution in [0.1, 0.15) is 69.2 Å². The lowest BCUT2D eigenvalue weighted by atomic mass is 10.1. The maximum absolute atomic E-state index is 13.5. The standard InChI is InChI=1S/C29H42N6O3S/c1-3-5-19-34(20-6-4-2)28(36)23-10-15-26-27(22-23)35(21-9-18-33-16-7-8-17-33)29(32-26)31-24-11-13-25(14-12-24)39(30,37)38/h10-15,22H,3-9,16-21H2,1-2H3,(H,31,32)(H2,30,37,38). The number of carbonyl (C=O) groups excluding carboxylic acids is 1. The Labute approximate surface area is 232 Å². The Morgan fingerprint density at radius 2 is 1.64 bits per heavy atom. The number of nitrogens with one attached hydrogen (secondary N) is 1. The number of fused-ring (bicyclic) bond motifs is 1. The number of hydrogen-bond donors (Lipinski definition) is 2. The van der Waals surface area contributed by atoms with Gasteiger partial charge in [0.15, 0.2) is 0 Å². The van der Waals surface area contributed by atoms with Crippen molar-refractivity contribution in [3.8, 4) is 0 Å². The predicted octanol–water partition coefficient (Wildman–Crippen LogP) is 4.96. The van der Waals surface area contributed by atoms with Crippen molar-refractivity contribution in [2.75, 3.05) is 38.0 Å². The predicted molar refractivity (Wildman–Crippen MR) is 157 cm³/mol. The molecular weight excluding hydrogens is 512 g/mol. The maximum atomic E-state index is 13.5. The summed E-state index contributed by atoms with van der Waals surface area (Å²) in [6.45, 7) is 9.89. The Kier molecular flexibility index (Phi) is 9.99. The van der Waals surface area contributed by atoms with Gasteiger partial charge in [-0.2, -0.15) is 0 Å². The van der Waals surface area contributed by atoms with Crippen molar-refractivity contribution >= 4 is 38.6 Å². The van der Waals surface area contributed by atoms with Gasteiger partial charge in [0.2, 0.25) is 16.0 Å². The van der Waals surface area contributed by atoms with E-state index in [1.807, 2.05) is 23.1 Å². The molecule has 9 nitrogen and oxygen atoms in total. The lowest BCUT2D eigenvalue weighted by Gasteiger charge is -2.22. The summed E-state index contributed by atoms with van der Waals surface area (Å²) in [4.78, 5) is 22.9. The molecule has 1 aliphatic rings. The van der Waals surface area contributed by atoms with Crippen molar-refractivity contribution in [2.24, 2.45) is 5.14 Å². The largest absolute Gasteiger partial charge is 0.339 e. The van der Waals surface area contributed by atoms with Crippen LogP contribution < -0.4 is 10.5 Å². The van der Waals surface area contributed by atoms with Crippen LogP contribution in [0.3, 0.4) is 0 Å². The van der Waals surface area contributed by atoms with E-state index in [0.29, 0.717) is 17.2 Å². The quantitative estimate of drug-likeness (QED) is 0.291. The minimum Gasteiger partial charge on any atom is -0.339 e. The summed E-state index contributed by atoms with van der Waals surface area (Å²) in [5.41, 5.74) is 3.11. The van der Waals surface area contributed by atoms with E-state index in [1.54, 1.807) is 12.1 Å². The van der Waals surface area contributed by atoms with Crippen LogP contribution in [0.25, 0.3) is 11.0 Å². The van der Waals surface area contributed by atoms with Gasteiger partial charge < -0.3 is 19.7 Å². The van der Waals surface area contributed by atoms with E-state index < -0.39 is 10.0 Å². The molecule has 0 radical (unpaired) electrons. The number of aryl methyl sites for hydroxylation is 1. The first-order valence-corrected chi connectivity index (χ1v) is 15.8. The second kappa shape index (κ2) is 13.4. The molecule has 1 amide bonds. The number of imidazole rings is 1. The van der Waals surface area contributed by atoms with Gasteiger partial charge >= 0.3 is 0 Å². The zero-order valence-electron chi connectivity index (χ0n) is 23.2. The summed E-state index contributed by atoms with van der Waals surface area (Å²) < 4.78 is 25.5. The second-order valence-electron chi connectivity index (χ2n) is 10.4. The van der Waals surface area contributed by atoms with E-state index in [1.165, 1.54) is 25.0 Å². The zero-order chi connectivity index (χ0) is 27.8. The van der Waals surface area contributed by atoms with Crippen LogP contribution in [-0.4, -0.2) is 66.4 Å². The number of primary sulfonamides is 1. The molecule has 0 saturated carbocycles. The average molecular weight is 555 g/mol. The monoisotopic (exact) mass is 554 g/mol. The lowest BCUT2D eigenvalue weighted by molar-refractivity contribution is 0.0751. The minimum atomic E-state index is -3.76. The van der Waals surface area contributed by atoms with Crippen molar-refractivity contribution in [3.05, 3.63) is 48.0 Å². The summed E-state index contributed by atoms with van der Waals surface area (Å²) in [6.07, 6.45) is 7.55. The van der Waals surface area contributed by atoms with Gasteiger partial charge in [-0.25, -0.2) is 18.5 Å². The Morgan fingerprint density at radius 3 is 2.26 bits per heavy atom. The first-order chi connectivity index (χ1) is 18.8. The summed E-state index contributed by atoms with van der Waals surface area (Å²) in [7, 11) is -3.76. The molecule has 1 fully saturated rings. The van der Waals surface area contributed by atoms with Crippen LogP contribution in [-0.2, 0) is 16.6 Å². The van der Waals surface area contributed by atoms with Crippen LogP contribution in [0, 0.1) is 0 Å². The van der Waals surface area contributed by atoms with Gasteiger partial charge in [0.1, 0.15) is 0 Å². The third-order valence-electron chi connectivity index (χ3n) is 7.34. The van der Waals surface area contributed by atoms with Crippen molar-refractivity contribution in [3.63, 3.8) is 0 Å². The van der Waals surface area contributed by atoms with Gasteiger partial charge in [-0.05, 0) is 94.2 Å². The average Bonchev–Trinajstić information content (AvgIpc) is 3.56. The molecule has 0 unspecified atom stereocenters. The minimum absolute atomic E-state index is 0.0611. The number of unbranched alkanes of at least 4 members (excludes halogenated alkanes) is 2. The molecule has 212 valence electrons. The van der Waals surface area contributed by atoms with Crippen molar-refractivity contribution in [1.29, 1.82) is 0 Å². The number of rotatable bonds is 14. The molecule has 0 atom stereocenters. The van der Waals surface area contributed by atoms with E-state index >= 15 is 0 Å². The highest BCUT2D eigenvalue weighted by atomic mass is 32.2. The van der Waals surface area contributed by atoms with Gasteiger partial charge in [-0.3, -0.25) is 4.79 Å². The summed E-state index contributed by atoms with van der Waals surface area (Å²) in [6, 6.07) is 12.1. The first kappa shape index (κ1) is 29.0. The number of likely N-dealkylation sites (tertiary alicyclic amines) is 1. The van der Waals surface area contributed by atoms with Crippen LogP contribution >= 0.6 is 0 Å². The third kappa shape index (κ3) is 7.58. The number of nitrogens with two attached hydrogens (primary N) is 1. The molecule has 2 aromatic carbocycles. The molecule has 1 saturated heterocycles. The lowest BCUT2D eigenvalue weighted by Crippen LogP contribution is -2.33. The van der Waals surface area contributed by atoms with Gasteiger partial charge in [-0.15, -0.1) is 0 Å². The topological polar surface area (TPSA) is 114 Å². The summed E-state index contributed by atoms with van der Waals surface area (Å²) >= 11 is 0. The Hall–Kier alpha value is -2.95. The Balaban J connectivity index is 1.63. The number of nitrogens with zero attached hydrogens (tertiary/aromatic N) is 4. The first-order valence-electron chi connectivity index (χ1n) is 14.2. The normalized spacial score (nSPS) is 14.2. The van der Waals surface area contributed by atoms with Crippen LogP contribution in [0.5, 0.6) is 0 Å². The molecule has 4 rings (SSSR count). The van der Waals surface area contributed by atoms with Gasteiger partial charge in [-0.1, -0.05) is 26.7 Å². The van der Waals surface area contributed by atoms with Crippen molar-refractivity contribution in [2.45, 2.75) is 70.2 Å². The van der Waals surface area contributed by atoms with Crippen molar-refractivity contribution < 1.29 is 13.2 Å². The molecule has 2 heterocycles. The second-order valence-corrected chi connectivity index (χ2v) is 11.9. The van der Waals surface area contributed by atoms with Crippen molar-refractivity contribution in [1.82, 2.24) is 19.4 Å². The molecule has 3 aromatic rings. The number of aromatic nitrogens is 2. The van der Waals surface area contributed by atoms with E-state index in [-0.39, 0.29) is 10.8 Å². The molecule has 1 aliphatic heterocycles. The number of amides is 1. The summed E-state index contributed by atoms with van der Waals surface area (Å²) in [5, 5.41) is 8.61. The highest BCUT2D eigenvalue weighted by Gasteiger charge is 2.19. The highest BCUT2D eigenvalue weighted by Crippen LogP contribution is 2.26. The molecule has 1 aromatic heterocycles. The maximum Gasteiger partial charge on any atom is 0.253 e. The third-order valence-corrected chi connectivity index (χ3v) is 8.27. The van der Waals surface area contributed by atoms with Crippen LogP contribution in [0.15, 0.2) is 47.4 Å². The fourth-order valence-corrected chi connectivity index (χ4v) is 5.60. The number of benzene rings is 2. The molecule has 0 spiro atoms. The highest BCUT2D eigenvalue weighted by molar-refractivity contribution is 7.89. The SMILES string of the molecule is CCCCN(CCCC)C(=O)c1ccc2nc(Nc3ccc(S(N)(=O)=O)cc3)n(CCCN3CCCC3)c2c1. The number of carbonyl (C=O) groups is 1. The molecule has 10 heteroatoms. The van der Waals surface area contributed by atoms with Crippen LogP contribution in [0.4, 0.5) is 11.6 Å². The van der Waals surface area contributed by atoms with E-state index in [0.717, 1.165) is 82.4 Å². The van der Waals surface area contributed by atoms with Gasteiger partial charge in [0, 0.05) is 30.9 Å². The smallest absolute Gasteiger partial charge is 0.253 e. The Bertz CT molecular complexity index is 1340. The molecule has 3 N–H and O–H groups in total. The molecular formula is C29H42N6O3S. The fraction of sp³-hybridized carbons (Fsp3) is 0.517. The molecule has 39 heavy (non-hydrogen) atoms. The Morgan fingerprint density at radius 1 is 0.974 bits per heavy atom. The molecule has 0 aliphatic carbocycles. The summed E-state index contributed by atoms with van der Waals surface area (Å²) in [5.74, 6) is 0.727. The molecule has 0 bridgehead atoms. The van der Waals surface area contributed by atoms with E-state index in [9.17, 15) is 13.2 Å². The van der Waals surface area contributed by atoms with Crippen LogP contribution in [0.2, 0.25) is 0 Å². The number of hydrogen-bond acceptors (Lipinski definition) is 6. The van der Waals surface area contributed by atoms with E-state index in [4.69, 9.17) is 10.1 Å². The number of anilines is 2. The van der Waals surface area contributed by atoms with Gasteiger partial charge in [0.25, 0.3) is 5.91 Å². The fourth-order valence-electron chi connectivity index (χ4n) is 5.09. The van der Waals surface area contributed by atoms with Gasteiger partial charge in [0.05, 0.1) is 15.9 Å². The van der Waals surface area contributed by atoms with E-state index in [2.05, 4.69) is 28.6 Å².